The van der Waals surface area contributed by atoms with Gasteiger partial charge in [0.25, 0.3) is 5.91 Å². The van der Waals surface area contributed by atoms with E-state index in [4.69, 9.17) is 18.9 Å². The average molecular weight is 387 g/mol. The van der Waals surface area contributed by atoms with Crippen LogP contribution in [-0.4, -0.2) is 39.8 Å². The molecule has 7 nitrogen and oxygen atoms in total. The van der Waals surface area contributed by atoms with Crippen LogP contribution in [0.3, 0.4) is 0 Å². The van der Waals surface area contributed by atoms with Crippen LogP contribution in [0, 0.1) is 6.92 Å². The van der Waals surface area contributed by atoms with Crippen molar-refractivity contribution in [2.75, 3.05) is 27.9 Å². The van der Waals surface area contributed by atoms with Crippen molar-refractivity contribution < 1.29 is 28.5 Å². The maximum absolute atomic E-state index is 12.3. The van der Waals surface area contributed by atoms with Crippen LogP contribution in [0.2, 0.25) is 0 Å². The van der Waals surface area contributed by atoms with Crippen LogP contribution in [-0.2, 0) is 9.53 Å². The number of hydrogen-bond acceptors (Lipinski definition) is 6. The number of carbonyl (C=O) groups excluding carboxylic acids is 2. The number of rotatable bonds is 8. The van der Waals surface area contributed by atoms with Crippen LogP contribution in [0.15, 0.2) is 36.4 Å². The van der Waals surface area contributed by atoms with Crippen molar-refractivity contribution in [1.82, 2.24) is 5.32 Å². The molecule has 2 aromatic carbocycles. The van der Waals surface area contributed by atoms with Crippen LogP contribution in [0.25, 0.3) is 0 Å². The van der Waals surface area contributed by atoms with Crippen LogP contribution >= 0.6 is 0 Å². The molecule has 0 aliphatic carbocycles. The van der Waals surface area contributed by atoms with Gasteiger partial charge in [0.15, 0.2) is 6.61 Å². The van der Waals surface area contributed by atoms with E-state index < -0.39 is 18.5 Å². The molecule has 0 unspecified atom stereocenters. The van der Waals surface area contributed by atoms with E-state index in [9.17, 15) is 9.59 Å². The standard InChI is InChI=1S/C21H25NO6/c1-13-6-8-19(27-5)17(10-13)21(24)28-12-20(23)22-14(2)16-11-15(25-3)7-9-18(16)26-4/h6-11,14H,12H2,1-5H3,(H,22,23)/t14-/m0/s1. The van der Waals surface area contributed by atoms with E-state index in [1.807, 2.05) is 13.0 Å². The Morgan fingerprint density at radius 3 is 2.29 bits per heavy atom. The smallest absolute Gasteiger partial charge is 0.342 e. The highest BCUT2D eigenvalue weighted by Crippen LogP contribution is 2.29. The van der Waals surface area contributed by atoms with Crippen molar-refractivity contribution in [2.45, 2.75) is 19.9 Å². The molecule has 1 amide bonds. The summed E-state index contributed by atoms with van der Waals surface area (Å²) >= 11 is 0. The molecule has 0 aromatic heterocycles. The third-order valence-corrected chi connectivity index (χ3v) is 4.19. The molecule has 0 saturated heterocycles. The molecule has 1 atom stereocenters. The van der Waals surface area contributed by atoms with E-state index in [1.54, 1.807) is 51.5 Å². The number of ether oxygens (including phenoxy) is 4. The van der Waals surface area contributed by atoms with Gasteiger partial charge in [-0.15, -0.1) is 0 Å². The van der Waals surface area contributed by atoms with Crippen molar-refractivity contribution in [3.63, 3.8) is 0 Å². The Balaban J connectivity index is 2.01. The number of nitrogens with one attached hydrogen (secondary N) is 1. The molecule has 0 saturated carbocycles. The van der Waals surface area contributed by atoms with Crippen molar-refractivity contribution in [3.8, 4) is 17.2 Å². The Bertz CT molecular complexity index is 849. The first kappa shape index (κ1) is 21.1. The molecule has 2 rings (SSSR count). The maximum Gasteiger partial charge on any atom is 0.342 e. The number of aryl methyl sites for hydroxylation is 1. The predicted octanol–water partition coefficient (Wildman–Crippen LogP) is 3.06. The molecule has 150 valence electrons. The minimum atomic E-state index is -0.623. The van der Waals surface area contributed by atoms with E-state index in [1.165, 1.54) is 7.11 Å². The lowest BCUT2D eigenvalue weighted by Crippen LogP contribution is -2.31. The lowest BCUT2D eigenvalue weighted by Gasteiger charge is -2.18. The van der Waals surface area contributed by atoms with Gasteiger partial charge < -0.3 is 24.3 Å². The fraction of sp³-hybridized carbons (Fsp3) is 0.333. The minimum Gasteiger partial charge on any atom is -0.497 e. The van der Waals surface area contributed by atoms with Gasteiger partial charge in [-0.25, -0.2) is 4.79 Å². The summed E-state index contributed by atoms with van der Waals surface area (Å²) < 4.78 is 20.9. The molecule has 0 aliphatic rings. The summed E-state index contributed by atoms with van der Waals surface area (Å²) in [7, 11) is 4.59. The molecule has 0 spiro atoms. The Hall–Kier alpha value is -3.22. The SMILES string of the molecule is COc1ccc(OC)c([C@H](C)NC(=O)COC(=O)c2cc(C)ccc2OC)c1. The summed E-state index contributed by atoms with van der Waals surface area (Å²) in [5.41, 5.74) is 1.91. The number of methoxy groups -OCH3 is 3. The first-order chi connectivity index (χ1) is 13.4. The predicted molar refractivity (Wildman–Crippen MR) is 104 cm³/mol. The lowest BCUT2D eigenvalue weighted by atomic mass is 10.1. The van der Waals surface area contributed by atoms with Gasteiger partial charge in [-0.2, -0.15) is 0 Å². The molecule has 28 heavy (non-hydrogen) atoms. The summed E-state index contributed by atoms with van der Waals surface area (Å²) in [4.78, 5) is 24.5. The van der Waals surface area contributed by atoms with Gasteiger partial charge in [0, 0.05) is 5.56 Å². The van der Waals surface area contributed by atoms with E-state index >= 15 is 0 Å². The summed E-state index contributed by atoms with van der Waals surface area (Å²) in [5, 5.41) is 2.79. The van der Waals surface area contributed by atoms with E-state index in [-0.39, 0.29) is 11.6 Å². The summed E-state index contributed by atoms with van der Waals surface area (Å²) in [5.74, 6) is 0.607. The summed E-state index contributed by atoms with van der Waals surface area (Å²) in [6.07, 6.45) is 0. The second kappa shape index (κ2) is 9.64. The molecule has 0 fully saturated rings. The van der Waals surface area contributed by atoms with Gasteiger partial charge >= 0.3 is 5.97 Å². The number of hydrogen-bond donors (Lipinski definition) is 1. The zero-order chi connectivity index (χ0) is 20.7. The molecule has 2 aromatic rings. The largest absolute Gasteiger partial charge is 0.497 e. The molecule has 0 bridgehead atoms. The fourth-order valence-corrected chi connectivity index (χ4v) is 2.73. The third kappa shape index (κ3) is 5.16. The Morgan fingerprint density at radius 1 is 0.964 bits per heavy atom. The molecular formula is C21H25NO6. The Kier molecular flexibility index (Phi) is 7.26. The van der Waals surface area contributed by atoms with Gasteiger partial charge in [0.1, 0.15) is 22.8 Å². The van der Waals surface area contributed by atoms with Crippen LogP contribution in [0.5, 0.6) is 17.2 Å². The zero-order valence-corrected chi connectivity index (χ0v) is 16.7. The molecule has 0 heterocycles. The molecule has 0 aliphatic heterocycles. The summed E-state index contributed by atoms with van der Waals surface area (Å²) in [6, 6.07) is 10.1. The normalized spacial score (nSPS) is 11.3. The van der Waals surface area contributed by atoms with Crippen LogP contribution in [0.1, 0.15) is 34.5 Å². The van der Waals surface area contributed by atoms with Crippen molar-refractivity contribution >= 4 is 11.9 Å². The number of amides is 1. The van der Waals surface area contributed by atoms with Gasteiger partial charge in [0.2, 0.25) is 0 Å². The molecular weight excluding hydrogens is 362 g/mol. The highest BCUT2D eigenvalue weighted by Gasteiger charge is 2.18. The second-order valence-corrected chi connectivity index (χ2v) is 6.18. The number of carbonyl (C=O) groups is 2. The van der Waals surface area contributed by atoms with Gasteiger partial charge in [-0.1, -0.05) is 11.6 Å². The molecule has 7 heteroatoms. The summed E-state index contributed by atoms with van der Waals surface area (Å²) in [6.45, 7) is 3.25. The topological polar surface area (TPSA) is 83.1 Å². The molecule has 0 radical (unpaired) electrons. The van der Waals surface area contributed by atoms with E-state index in [0.29, 0.717) is 17.2 Å². The van der Waals surface area contributed by atoms with Crippen LogP contribution in [0.4, 0.5) is 0 Å². The fourth-order valence-electron chi connectivity index (χ4n) is 2.73. The average Bonchev–Trinajstić information content (AvgIpc) is 2.71. The number of esters is 1. The quantitative estimate of drug-likeness (QED) is 0.701. The van der Waals surface area contributed by atoms with E-state index in [2.05, 4.69) is 5.32 Å². The molecule has 1 N–H and O–H groups in total. The second-order valence-electron chi connectivity index (χ2n) is 6.18. The minimum absolute atomic E-state index is 0.276. The van der Waals surface area contributed by atoms with Crippen LogP contribution < -0.4 is 19.5 Å². The van der Waals surface area contributed by atoms with Crippen molar-refractivity contribution in [1.29, 1.82) is 0 Å². The Labute approximate surface area is 164 Å². The first-order valence-electron chi connectivity index (χ1n) is 8.72. The monoisotopic (exact) mass is 387 g/mol. The highest BCUT2D eigenvalue weighted by atomic mass is 16.5. The number of benzene rings is 2. The van der Waals surface area contributed by atoms with Gasteiger partial charge in [0.05, 0.1) is 27.4 Å². The first-order valence-corrected chi connectivity index (χ1v) is 8.72. The van der Waals surface area contributed by atoms with Gasteiger partial charge in [-0.3, -0.25) is 4.79 Å². The van der Waals surface area contributed by atoms with E-state index in [0.717, 1.165) is 11.1 Å². The maximum atomic E-state index is 12.3. The Morgan fingerprint density at radius 2 is 1.64 bits per heavy atom. The zero-order valence-electron chi connectivity index (χ0n) is 16.7. The third-order valence-electron chi connectivity index (χ3n) is 4.19. The van der Waals surface area contributed by atoms with Crippen molar-refractivity contribution in [2.24, 2.45) is 0 Å². The van der Waals surface area contributed by atoms with Crippen molar-refractivity contribution in [3.05, 3.63) is 53.1 Å². The van der Waals surface area contributed by atoms with Gasteiger partial charge in [-0.05, 0) is 44.2 Å². The lowest BCUT2D eigenvalue weighted by molar-refractivity contribution is -0.124. The highest BCUT2D eigenvalue weighted by molar-refractivity contribution is 5.94.